The Labute approximate surface area is 177 Å². The van der Waals surface area contributed by atoms with E-state index in [1.165, 1.54) is 31.2 Å². The van der Waals surface area contributed by atoms with E-state index >= 15 is 0 Å². The Morgan fingerprint density at radius 2 is 1.97 bits per heavy atom. The summed E-state index contributed by atoms with van der Waals surface area (Å²) in [6.07, 6.45) is 5.78. The molecule has 4 heterocycles. The predicted octanol–water partition coefficient (Wildman–Crippen LogP) is 1.41. The average molecular weight is 411 g/mol. The van der Waals surface area contributed by atoms with Crippen molar-refractivity contribution in [2.75, 3.05) is 19.6 Å². The number of nitrogens with zero attached hydrogens (tertiary/aromatic N) is 2. The van der Waals surface area contributed by atoms with Gasteiger partial charge in [0, 0.05) is 37.7 Å². The van der Waals surface area contributed by atoms with Gasteiger partial charge in [-0.15, -0.1) is 0 Å². The Morgan fingerprint density at radius 1 is 1.07 bits per heavy atom. The topological polar surface area (TPSA) is 81.8 Å². The number of benzene rings is 1. The quantitative estimate of drug-likeness (QED) is 0.734. The Bertz CT molecular complexity index is 864. The fraction of sp³-hybridized carbons (Fsp3) is 0.609. The molecular formula is C23H30N4O3. The van der Waals surface area contributed by atoms with Crippen molar-refractivity contribution < 1.29 is 14.4 Å². The zero-order chi connectivity index (χ0) is 20.7. The molecule has 3 atom stereocenters. The Hall–Kier alpha value is -2.25. The Kier molecular flexibility index (Phi) is 5.33. The lowest BCUT2D eigenvalue weighted by Crippen LogP contribution is -2.52. The fourth-order valence-corrected chi connectivity index (χ4v) is 5.72. The van der Waals surface area contributed by atoms with Gasteiger partial charge in [-0.1, -0.05) is 12.1 Å². The van der Waals surface area contributed by atoms with Gasteiger partial charge < -0.3 is 10.2 Å². The summed E-state index contributed by atoms with van der Waals surface area (Å²) in [4.78, 5) is 41.0. The van der Waals surface area contributed by atoms with Gasteiger partial charge in [-0.25, -0.2) is 0 Å². The summed E-state index contributed by atoms with van der Waals surface area (Å²) in [6, 6.07) is 6.05. The van der Waals surface area contributed by atoms with Gasteiger partial charge in [-0.05, 0) is 68.3 Å². The highest BCUT2D eigenvalue weighted by Gasteiger charge is 2.40. The standard InChI is InChI=1S/C23H30N4O3/c28-21-9-8-20(22(29)25-21)27-14-18-15(4-1-6-17(18)23(27)30)12-26-11-3-5-16(13-26)19-7-2-10-24-19/h1,4,6,16,19-20,24H,2-3,5,7-14H2,(H,25,28,29). The molecule has 3 saturated heterocycles. The Morgan fingerprint density at radius 3 is 2.77 bits per heavy atom. The van der Waals surface area contributed by atoms with Crippen molar-refractivity contribution in [3.05, 3.63) is 34.9 Å². The van der Waals surface area contributed by atoms with E-state index in [9.17, 15) is 14.4 Å². The molecule has 4 aliphatic heterocycles. The number of likely N-dealkylation sites (tertiary alicyclic amines) is 1. The summed E-state index contributed by atoms with van der Waals surface area (Å²) in [5, 5.41) is 6.05. The maximum absolute atomic E-state index is 13.0. The van der Waals surface area contributed by atoms with Gasteiger partial charge in [0.25, 0.3) is 5.91 Å². The third kappa shape index (κ3) is 3.65. The lowest BCUT2D eigenvalue weighted by Gasteiger charge is -2.36. The normalized spacial score (nSPS) is 29.9. The SMILES string of the molecule is O=C1CCC(N2Cc3c(CN4CCCC(C5CCCN5)C4)cccc3C2=O)C(=O)N1. The molecule has 3 amide bonds. The molecule has 0 spiro atoms. The molecule has 0 aromatic heterocycles. The second kappa shape index (κ2) is 8.12. The van der Waals surface area contributed by atoms with Crippen LogP contribution in [0.5, 0.6) is 0 Å². The van der Waals surface area contributed by atoms with Crippen molar-refractivity contribution in [3.63, 3.8) is 0 Å². The highest BCUT2D eigenvalue weighted by Crippen LogP contribution is 2.32. The molecule has 30 heavy (non-hydrogen) atoms. The summed E-state index contributed by atoms with van der Waals surface area (Å²) < 4.78 is 0. The third-order valence-electron chi connectivity index (χ3n) is 7.28. The van der Waals surface area contributed by atoms with E-state index in [2.05, 4.69) is 21.6 Å². The van der Waals surface area contributed by atoms with Crippen LogP contribution in [0.2, 0.25) is 0 Å². The summed E-state index contributed by atoms with van der Waals surface area (Å²) in [7, 11) is 0. The number of piperidine rings is 2. The van der Waals surface area contributed by atoms with E-state index in [1.54, 1.807) is 4.90 Å². The monoisotopic (exact) mass is 410 g/mol. The lowest BCUT2D eigenvalue weighted by atomic mass is 9.89. The minimum absolute atomic E-state index is 0.0898. The van der Waals surface area contributed by atoms with Crippen molar-refractivity contribution in [2.24, 2.45) is 5.92 Å². The first-order chi connectivity index (χ1) is 14.6. The van der Waals surface area contributed by atoms with Gasteiger partial charge in [0.2, 0.25) is 11.8 Å². The second-order valence-corrected chi connectivity index (χ2v) is 9.18. The first-order valence-electron chi connectivity index (χ1n) is 11.3. The van der Waals surface area contributed by atoms with Crippen molar-refractivity contribution in [3.8, 4) is 0 Å². The smallest absolute Gasteiger partial charge is 0.255 e. The molecule has 3 fully saturated rings. The summed E-state index contributed by atoms with van der Waals surface area (Å²) in [6.45, 7) is 4.65. The van der Waals surface area contributed by atoms with Crippen LogP contribution in [0.3, 0.4) is 0 Å². The largest absolute Gasteiger partial charge is 0.322 e. The lowest BCUT2D eigenvalue weighted by molar-refractivity contribution is -0.136. The molecular weight excluding hydrogens is 380 g/mol. The predicted molar refractivity (Wildman–Crippen MR) is 112 cm³/mol. The zero-order valence-corrected chi connectivity index (χ0v) is 17.4. The van der Waals surface area contributed by atoms with E-state index in [-0.39, 0.29) is 24.1 Å². The van der Waals surface area contributed by atoms with E-state index in [1.807, 2.05) is 12.1 Å². The molecule has 7 nitrogen and oxygen atoms in total. The van der Waals surface area contributed by atoms with Gasteiger partial charge in [0.1, 0.15) is 6.04 Å². The number of imide groups is 1. The minimum atomic E-state index is -0.553. The molecule has 5 rings (SSSR count). The zero-order valence-electron chi connectivity index (χ0n) is 17.4. The van der Waals surface area contributed by atoms with Crippen LogP contribution in [0, 0.1) is 5.92 Å². The number of fused-ring (bicyclic) bond motifs is 1. The van der Waals surface area contributed by atoms with E-state index in [0.29, 0.717) is 30.5 Å². The number of hydrogen-bond acceptors (Lipinski definition) is 5. The maximum Gasteiger partial charge on any atom is 0.255 e. The van der Waals surface area contributed by atoms with Crippen LogP contribution in [-0.2, 0) is 22.7 Å². The highest BCUT2D eigenvalue weighted by atomic mass is 16.2. The van der Waals surface area contributed by atoms with E-state index < -0.39 is 6.04 Å². The van der Waals surface area contributed by atoms with Gasteiger partial charge in [0.05, 0.1) is 0 Å². The molecule has 160 valence electrons. The molecule has 1 aromatic rings. The number of amides is 3. The van der Waals surface area contributed by atoms with Gasteiger partial charge in [-0.3, -0.25) is 24.6 Å². The van der Waals surface area contributed by atoms with Crippen molar-refractivity contribution >= 4 is 17.7 Å². The van der Waals surface area contributed by atoms with Crippen LogP contribution in [0.15, 0.2) is 18.2 Å². The van der Waals surface area contributed by atoms with Crippen molar-refractivity contribution in [1.29, 1.82) is 0 Å². The highest BCUT2D eigenvalue weighted by molar-refractivity contribution is 6.05. The number of carbonyl (C=O) groups is 3. The van der Waals surface area contributed by atoms with Gasteiger partial charge in [0.15, 0.2) is 0 Å². The summed E-state index contributed by atoms with van der Waals surface area (Å²) in [5.41, 5.74) is 2.95. The number of nitrogens with one attached hydrogen (secondary N) is 2. The van der Waals surface area contributed by atoms with E-state index in [4.69, 9.17) is 0 Å². The molecule has 0 radical (unpaired) electrons. The molecule has 0 aliphatic carbocycles. The van der Waals surface area contributed by atoms with Crippen LogP contribution in [0.4, 0.5) is 0 Å². The van der Waals surface area contributed by atoms with Crippen LogP contribution in [0.1, 0.15) is 60.0 Å². The van der Waals surface area contributed by atoms with Crippen LogP contribution in [0.25, 0.3) is 0 Å². The minimum Gasteiger partial charge on any atom is -0.322 e. The van der Waals surface area contributed by atoms with Crippen LogP contribution in [-0.4, -0.2) is 59.2 Å². The first-order valence-corrected chi connectivity index (χ1v) is 11.3. The first kappa shape index (κ1) is 19.7. The number of rotatable bonds is 4. The second-order valence-electron chi connectivity index (χ2n) is 9.18. The maximum atomic E-state index is 13.0. The molecule has 3 unspecified atom stereocenters. The van der Waals surface area contributed by atoms with Crippen molar-refractivity contribution in [1.82, 2.24) is 20.4 Å². The number of hydrogen-bond donors (Lipinski definition) is 2. The van der Waals surface area contributed by atoms with Gasteiger partial charge >= 0.3 is 0 Å². The summed E-state index contributed by atoms with van der Waals surface area (Å²) in [5.74, 6) is 0.0158. The molecule has 2 N–H and O–H groups in total. The molecule has 0 bridgehead atoms. The van der Waals surface area contributed by atoms with E-state index in [0.717, 1.165) is 31.7 Å². The average Bonchev–Trinajstić information content (AvgIpc) is 3.38. The van der Waals surface area contributed by atoms with Gasteiger partial charge in [-0.2, -0.15) is 0 Å². The Balaban J connectivity index is 1.30. The molecule has 4 aliphatic rings. The summed E-state index contributed by atoms with van der Waals surface area (Å²) >= 11 is 0. The van der Waals surface area contributed by atoms with Crippen LogP contribution < -0.4 is 10.6 Å². The van der Waals surface area contributed by atoms with Crippen molar-refractivity contribution in [2.45, 2.75) is 63.7 Å². The fourth-order valence-electron chi connectivity index (χ4n) is 5.72. The molecule has 0 saturated carbocycles. The molecule has 1 aromatic carbocycles. The number of carbonyl (C=O) groups excluding carboxylic acids is 3. The third-order valence-corrected chi connectivity index (χ3v) is 7.28. The van der Waals surface area contributed by atoms with Crippen LogP contribution >= 0.6 is 0 Å². The molecule has 7 heteroatoms.